The number of unbranched alkanes of at least 4 members (excludes halogenated alkanes) is 1. The van der Waals surface area contributed by atoms with Gasteiger partial charge in [-0.1, -0.05) is 13.3 Å². The largest absolute Gasteiger partial charge is 0.322 e. The van der Waals surface area contributed by atoms with Gasteiger partial charge in [-0.05, 0) is 26.8 Å². The van der Waals surface area contributed by atoms with Crippen LogP contribution < -0.4 is 11.1 Å². The second kappa shape index (κ2) is 9.15. The molecular weight excluding hydrogens is 304 g/mol. The van der Waals surface area contributed by atoms with Gasteiger partial charge in [-0.25, -0.2) is 0 Å². The molecule has 1 aromatic rings. The molecule has 0 saturated carbocycles. The number of hydrogen-bond acceptors (Lipinski definition) is 5. The number of carbonyl (C=O) groups is 1. The van der Waals surface area contributed by atoms with E-state index in [1.54, 1.807) is 6.20 Å². The van der Waals surface area contributed by atoms with E-state index >= 15 is 0 Å². The Morgan fingerprint density at radius 1 is 1.33 bits per heavy atom. The van der Waals surface area contributed by atoms with Gasteiger partial charge >= 0.3 is 0 Å². The molecule has 0 aromatic carbocycles. The molecule has 0 radical (unpaired) electrons. The Bertz CT molecular complexity index is 521. The van der Waals surface area contributed by atoms with Crippen molar-refractivity contribution in [3.8, 4) is 0 Å². The van der Waals surface area contributed by atoms with Gasteiger partial charge in [0.15, 0.2) is 0 Å². The summed E-state index contributed by atoms with van der Waals surface area (Å²) >= 11 is 0. The van der Waals surface area contributed by atoms with Gasteiger partial charge in [0.2, 0.25) is 5.91 Å². The number of anilines is 1. The highest BCUT2D eigenvalue weighted by Gasteiger charge is 2.19. The van der Waals surface area contributed by atoms with Gasteiger partial charge in [-0.3, -0.25) is 9.48 Å². The second-order valence-corrected chi connectivity index (χ2v) is 6.75. The van der Waals surface area contributed by atoms with Crippen molar-refractivity contribution in [2.24, 2.45) is 5.73 Å². The van der Waals surface area contributed by atoms with E-state index < -0.39 is 6.04 Å². The van der Waals surface area contributed by atoms with Gasteiger partial charge in [0.25, 0.3) is 0 Å². The van der Waals surface area contributed by atoms with Crippen molar-refractivity contribution in [1.29, 1.82) is 0 Å². The third-order valence-corrected chi connectivity index (χ3v) is 4.77. The molecular formula is C17H32N6O. The molecule has 1 aromatic heterocycles. The van der Waals surface area contributed by atoms with Crippen molar-refractivity contribution in [2.75, 3.05) is 45.1 Å². The summed E-state index contributed by atoms with van der Waals surface area (Å²) in [4.78, 5) is 17.0. The lowest BCUT2D eigenvalue weighted by Gasteiger charge is -2.32. The second-order valence-electron chi connectivity index (χ2n) is 6.75. The maximum Gasteiger partial charge on any atom is 0.241 e. The quantitative estimate of drug-likeness (QED) is 0.737. The number of rotatable bonds is 8. The molecule has 0 spiro atoms. The molecule has 7 heteroatoms. The molecule has 2 rings (SSSR count). The number of piperazine rings is 1. The zero-order chi connectivity index (χ0) is 17.5. The topological polar surface area (TPSA) is 79.4 Å². The van der Waals surface area contributed by atoms with Crippen LogP contribution in [0.5, 0.6) is 0 Å². The molecule has 2 heterocycles. The van der Waals surface area contributed by atoms with Crippen LogP contribution in [0.4, 0.5) is 5.69 Å². The Morgan fingerprint density at radius 2 is 2.04 bits per heavy atom. The summed E-state index contributed by atoms with van der Waals surface area (Å²) < 4.78 is 1.94. The predicted molar refractivity (Wildman–Crippen MR) is 97.0 cm³/mol. The van der Waals surface area contributed by atoms with Crippen molar-refractivity contribution in [1.82, 2.24) is 19.6 Å². The number of aromatic nitrogens is 2. The Balaban J connectivity index is 1.78. The first kappa shape index (κ1) is 18.9. The average Bonchev–Trinajstić information content (AvgIpc) is 2.92. The van der Waals surface area contributed by atoms with Crippen molar-refractivity contribution in [3.63, 3.8) is 0 Å². The lowest BCUT2D eigenvalue weighted by Crippen LogP contribution is -2.46. The number of carbonyl (C=O) groups excluding carboxylic acids is 1. The summed E-state index contributed by atoms with van der Waals surface area (Å²) in [6, 6.07) is -0.483. The summed E-state index contributed by atoms with van der Waals surface area (Å²) in [6.45, 7) is 10.2. The molecule has 1 saturated heterocycles. The van der Waals surface area contributed by atoms with Crippen molar-refractivity contribution in [2.45, 2.75) is 45.7 Å². The zero-order valence-electron chi connectivity index (χ0n) is 15.3. The van der Waals surface area contributed by atoms with E-state index in [-0.39, 0.29) is 5.91 Å². The van der Waals surface area contributed by atoms with E-state index in [0.29, 0.717) is 6.42 Å². The molecule has 1 atom stereocenters. The minimum absolute atomic E-state index is 0.123. The monoisotopic (exact) mass is 336 g/mol. The fraction of sp³-hybridized carbons (Fsp3) is 0.765. The van der Waals surface area contributed by atoms with Crippen LogP contribution in [0.2, 0.25) is 0 Å². The third-order valence-electron chi connectivity index (χ3n) is 4.77. The van der Waals surface area contributed by atoms with Crippen molar-refractivity contribution in [3.05, 3.63) is 11.9 Å². The molecule has 1 unspecified atom stereocenters. The molecule has 136 valence electrons. The molecule has 1 amide bonds. The normalized spacial score (nSPS) is 17.8. The Morgan fingerprint density at radius 3 is 2.71 bits per heavy atom. The van der Waals surface area contributed by atoms with E-state index in [4.69, 9.17) is 5.73 Å². The predicted octanol–water partition coefficient (Wildman–Crippen LogP) is 0.895. The first-order valence-electron chi connectivity index (χ1n) is 9.01. The zero-order valence-corrected chi connectivity index (χ0v) is 15.3. The van der Waals surface area contributed by atoms with E-state index in [1.807, 2.05) is 11.6 Å². The number of amides is 1. The van der Waals surface area contributed by atoms with Crippen LogP contribution in [0.25, 0.3) is 0 Å². The number of likely N-dealkylation sites (N-methyl/N-ethyl adjacent to an activating group) is 1. The Labute approximate surface area is 145 Å². The highest BCUT2D eigenvalue weighted by Crippen LogP contribution is 2.15. The fourth-order valence-electron chi connectivity index (χ4n) is 2.85. The average molecular weight is 336 g/mol. The van der Waals surface area contributed by atoms with Crippen LogP contribution in [0.15, 0.2) is 6.20 Å². The summed E-state index contributed by atoms with van der Waals surface area (Å²) in [7, 11) is 2.14. The van der Waals surface area contributed by atoms with Crippen LogP contribution in [0, 0.1) is 6.92 Å². The number of hydrogen-bond donors (Lipinski definition) is 2. The molecule has 3 N–H and O–H groups in total. The summed E-state index contributed by atoms with van der Waals surface area (Å²) in [5.41, 5.74) is 7.83. The van der Waals surface area contributed by atoms with E-state index in [2.05, 4.69) is 34.2 Å². The maximum absolute atomic E-state index is 12.3. The van der Waals surface area contributed by atoms with Crippen LogP contribution in [0.3, 0.4) is 0 Å². The van der Waals surface area contributed by atoms with Gasteiger partial charge in [0.05, 0.1) is 23.6 Å². The standard InChI is InChI=1S/C17H32N6O/c1-4-5-7-23-14(2)16(13-19-23)20-17(24)15(18)6-8-22-11-9-21(3)10-12-22/h13,15H,4-12,18H2,1-3H3,(H,20,24). The number of nitrogens with zero attached hydrogens (tertiary/aromatic N) is 4. The lowest BCUT2D eigenvalue weighted by molar-refractivity contribution is -0.117. The Hall–Kier alpha value is -1.44. The van der Waals surface area contributed by atoms with Crippen molar-refractivity contribution >= 4 is 11.6 Å². The lowest BCUT2D eigenvalue weighted by atomic mass is 10.2. The van der Waals surface area contributed by atoms with Crippen molar-refractivity contribution < 1.29 is 4.79 Å². The van der Waals surface area contributed by atoms with E-state index in [9.17, 15) is 4.79 Å². The smallest absolute Gasteiger partial charge is 0.241 e. The highest BCUT2D eigenvalue weighted by molar-refractivity contribution is 5.95. The first-order chi connectivity index (χ1) is 11.5. The first-order valence-corrected chi connectivity index (χ1v) is 9.01. The minimum Gasteiger partial charge on any atom is -0.322 e. The van der Waals surface area contributed by atoms with Crippen LogP contribution >= 0.6 is 0 Å². The fourth-order valence-corrected chi connectivity index (χ4v) is 2.85. The number of nitrogens with one attached hydrogen (secondary N) is 1. The number of nitrogens with two attached hydrogens (primary N) is 1. The van der Waals surface area contributed by atoms with Crippen LogP contribution in [-0.4, -0.2) is 71.3 Å². The third kappa shape index (κ3) is 5.29. The maximum atomic E-state index is 12.3. The summed E-state index contributed by atoms with van der Waals surface area (Å²) in [5, 5.41) is 7.27. The van der Waals surface area contributed by atoms with E-state index in [0.717, 1.165) is 63.5 Å². The van der Waals surface area contributed by atoms with Gasteiger partial charge in [0.1, 0.15) is 0 Å². The molecule has 1 aliphatic heterocycles. The number of aryl methyl sites for hydroxylation is 1. The molecule has 1 fully saturated rings. The molecule has 0 bridgehead atoms. The summed E-state index contributed by atoms with van der Waals surface area (Å²) in [6.07, 6.45) is 4.60. The molecule has 7 nitrogen and oxygen atoms in total. The van der Waals surface area contributed by atoms with Gasteiger partial charge in [-0.15, -0.1) is 0 Å². The van der Waals surface area contributed by atoms with Gasteiger partial charge < -0.3 is 20.9 Å². The van der Waals surface area contributed by atoms with Gasteiger partial charge in [-0.2, -0.15) is 5.10 Å². The molecule has 0 aliphatic carbocycles. The SMILES string of the molecule is CCCCn1ncc(NC(=O)C(N)CCN2CCN(C)CC2)c1C. The van der Waals surface area contributed by atoms with Crippen LogP contribution in [0.1, 0.15) is 31.9 Å². The van der Waals surface area contributed by atoms with Crippen LogP contribution in [-0.2, 0) is 11.3 Å². The highest BCUT2D eigenvalue weighted by atomic mass is 16.2. The molecule has 1 aliphatic rings. The molecule has 24 heavy (non-hydrogen) atoms. The van der Waals surface area contributed by atoms with Gasteiger partial charge in [0, 0.05) is 39.3 Å². The Kier molecular flexibility index (Phi) is 7.20. The van der Waals surface area contributed by atoms with E-state index in [1.165, 1.54) is 0 Å². The minimum atomic E-state index is -0.483. The summed E-state index contributed by atoms with van der Waals surface area (Å²) in [5.74, 6) is -0.123.